The van der Waals surface area contributed by atoms with E-state index in [-0.39, 0.29) is 0 Å². The van der Waals surface area contributed by atoms with Crippen molar-refractivity contribution >= 4 is 26.8 Å². The Morgan fingerprint density at radius 3 is 2.71 bits per heavy atom. The third-order valence-corrected chi connectivity index (χ3v) is 4.02. The summed E-state index contributed by atoms with van der Waals surface area (Å²) in [4.78, 5) is 0. The van der Waals surface area contributed by atoms with Crippen LogP contribution in [0.5, 0.6) is 5.75 Å². The molecule has 92 valence electrons. The average molecular weight is 297 g/mol. The van der Waals surface area contributed by atoms with Crippen molar-refractivity contribution in [2.75, 3.05) is 13.7 Å². The fraction of sp³-hybridized carbons (Fsp3) is 0.385. The third-order valence-electron chi connectivity index (χ3n) is 3.16. The van der Waals surface area contributed by atoms with E-state index in [9.17, 15) is 0 Å². The lowest BCUT2D eigenvalue weighted by atomic mass is 10.1. The van der Waals surface area contributed by atoms with Crippen LogP contribution in [0.15, 0.2) is 16.6 Å². The van der Waals surface area contributed by atoms with Crippen molar-refractivity contribution in [2.24, 2.45) is 12.8 Å². The highest BCUT2D eigenvalue weighted by Crippen LogP contribution is 2.37. The molecule has 0 aliphatic rings. The lowest BCUT2D eigenvalue weighted by Gasteiger charge is -2.07. The molecule has 2 rings (SSSR count). The second-order valence-electron chi connectivity index (χ2n) is 4.17. The van der Waals surface area contributed by atoms with Gasteiger partial charge in [0.25, 0.3) is 0 Å². The lowest BCUT2D eigenvalue weighted by molar-refractivity contribution is 0.417. The minimum Gasteiger partial charge on any atom is -0.495 e. The highest BCUT2D eigenvalue weighted by Gasteiger charge is 2.17. The zero-order chi connectivity index (χ0) is 12.6. The fourth-order valence-electron chi connectivity index (χ4n) is 2.29. The van der Waals surface area contributed by atoms with Gasteiger partial charge in [0.15, 0.2) is 0 Å². The predicted octanol–water partition coefficient (Wildman–Crippen LogP) is 2.76. The van der Waals surface area contributed by atoms with Crippen LogP contribution in [0.1, 0.15) is 11.3 Å². The summed E-state index contributed by atoms with van der Waals surface area (Å²) in [6, 6.07) is 4.09. The van der Waals surface area contributed by atoms with E-state index in [4.69, 9.17) is 10.5 Å². The maximum Gasteiger partial charge on any atom is 0.143 e. The molecular weight excluding hydrogens is 280 g/mol. The van der Waals surface area contributed by atoms with E-state index >= 15 is 0 Å². The Morgan fingerprint density at radius 2 is 2.12 bits per heavy atom. The molecule has 1 aromatic carbocycles. The van der Waals surface area contributed by atoms with Gasteiger partial charge in [0.2, 0.25) is 0 Å². The van der Waals surface area contributed by atoms with E-state index in [1.165, 1.54) is 16.6 Å². The quantitative estimate of drug-likeness (QED) is 0.946. The topological polar surface area (TPSA) is 40.2 Å². The third kappa shape index (κ3) is 1.85. The standard InChI is InChI=1S/C13H17BrN2O/c1-8-4-5-10(17-3)13-11(8)12(14)9(6-7-15)16(13)2/h4-5H,6-7,15H2,1-3H3. The molecule has 0 amide bonds. The second-order valence-corrected chi connectivity index (χ2v) is 4.96. The first kappa shape index (κ1) is 12.5. The zero-order valence-electron chi connectivity index (χ0n) is 10.4. The summed E-state index contributed by atoms with van der Waals surface area (Å²) in [5.74, 6) is 0.900. The fourth-order valence-corrected chi connectivity index (χ4v) is 3.25. The summed E-state index contributed by atoms with van der Waals surface area (Å²) in [7, 11) is 3.76. The summed E-state index contributed by atoms with van der Waals surface area (Å²) < 4.78 is 8.74. The Kier molecular flexibility index (Phi) is 3.45. The highest BCUT2D eigenvalue weighted by atomic mass is 79.9. The average Bonchev–Trinajstić information content (AvgIpc) is 2.56. The number of hydrogen-bond acceptors (Lipinski definition) is 2. The molecule has 0 spiro atoms. The Hall–Kier alpha value is -1.00. The monoisotopic (exact) mass is 296 g/mol. The van der Waals surface area contributed by atoms with Gasteiger partial charge in [0.1, 0.15) is 5.75 Å². The van der Waals surface area contributed by atoms with Crippen LogP contribution in [0.2, 0.25) is 0 Å². The number of halogens is 1. The highest BCUT2D eigenvalue weighted by molar-refractivity contribution is 9.10. The summed E-state index contributed by atoms with van der Waals surface area (Å²) in [6.45, 7) is 2.75. The van der Waals surface area contributed by atoms with Gasteiger partial charge in [-0.2, -0.15) is 0 Å². The number of methoxy groups -OCH3 is 1. The molecular formula is C13H17BrN2O. The van der Waals surface area contributed by atoms with E-state index < -0.39 is 0 Å². The van der Waals surface area contributed by atoms with Gasteiger partial charge < -0.3 is 15.0 Å². The van der Waals surface area contributed by atoms with E-state index in [1.54, 1.807) is 7.11 Å². The first-order chi connectivity index (χ1) is 8.11. The van der Waals surface area contributed by atoms with Crippen LogP contribution < -0.4 is 10.5 Å². The first-order valence-electron chi connectivity index (χ1n) is 5.62. The molecule has 0 radical (unpaired) electrons. The molecule has 2 aromatic rings. The molecule has 3 nitrogen and oxygen atoms in total. The molecule has 0 atom stereocenters. The summed E-state index contributed by atoms with van der Waals surface area (Å²) in [5, 5.41) is 1.22. The van der Waals surface area contributed by atoms with Gasteiger partial charge in [-0.05, 0) is 41.0 Å². The van der Waals surface area contributed by atoms with Crippen LogP contribution in [0, 0.1) is 6.92 Å². The largest absolute Gasteiger partial charge is 0.495 e. The molecule has 2 N–H and O–H groups in total. The van der Waals surface area contributed by atoms with Crippen LogP contribution >= 0.6 is 15.9 Å². The van der Waals surface area contributed by atoms with E-state index in [0.29, 0.717) is 6.54 Å². The van der Waals surface area contributed by atoms with Crippen molar-refractivity contribution in [3.63, 3.8) is 0 Å². The predicted molar refractivity (Wildman–Crippen MR) is 74.7 cm³/mol. The Labute approximate surface area is 110 Å². The Morgan fingerprint density at radius 1 is 1.41 bits per heavy atom. The van der Waals surface area contributed by atoms with Crippen molar-refractivity contribution in [1.82, 2.24) is 4.57 Å². The van der Waals surface area contributed by atoms with Crippen LogP contribution in [0.4, 0.5) is 0 Å². The molecule has 1 heterocycles. The summed E-state index contributed by atoms with van der Waals surface area (Å²) in [6.07, 6.45) is 0.856. The van der Waals surface area contributed by atoms with Crippen LogP contribution in [-0.2, 0) is 13.5 Å². The molecule has 0 aliphatic carbocycles. The molecule has 4 heteroatoms. The van der Waals surface area contributed by atoms with Gasteiger partial charge in [0.05, 0.1) is 12.6 Å². The SMILES string of the molecule is COc1ccc(C)c2c(Br)c(CCN)n(C)c12. The zero-order valence-corrected chi connectivity index (χ0v) is 12.0. The Bertz CT molecular complexity index is 560. The number of fused-ring (bicyclic) bond motifs is 1. The molecule has 0 unspecified atom stereocenters. The van der Waals surface area contributed by atoms with E-state index in [1.807, 2.05) is 6.07 Å². The molecule has 0 bridgehead atoms. The second kappa shape index (κ2) is 4.70. The van der Waals surface area contributed by atoms with Gasteiger partial charge in [0, 0.05) is 29.0 Å². The van der Waals surface area contributed by atoms with E-state index in [0.717, 1.165) is 22.2 Å². The number of rotatable bonds is 3. The summed E-state index contributed by atoms with van der Waals surface area (Å²) >= 11 is 3.69. The molecule has 17 heavy (non-hydrogen) atoms. The number of nitrogens with two attached hydrogens (primary N) is 1. The number of nitrogens with zero attached hydrogens (tertiary/aromatic N) is 1. The molecule has 0 saturated heterocycles. The van der Waals surface area contributed by atoms with Gasteiger partial charge in [-0.15, -0.1) is 0 Å². The normalized spacial score (nSPS) is 11.1. The number of hydrogen-bond donors (Lipinski definition) is 1. The molecule has 0 aliphatic heterocycles. The van der Waals surface area contributed by atoms with Crippen LogP contribution in [-0.4, -0.2) is 18.2 Å². The van der Waals surface area contributed by atoms with Crippen molar-refractivity contribution in [1.29, 1.82) is 0 Å². The van der Waals surface area contributed by atoms with Gasteiger partial charge in [-0.1, -0.05) is 6.07 Å². The minimum absolute atomic E-state index is 0.643. The van der Waals surface area contributed by atoms with Gasteiger partial charge in [-0.25, -0.2) is 0 Å². The molecule has 0 fully saturated rings. The van der Waals surface area contributed by atoms with Crippen molar-refractivity contribution in [3.8, 4) is 5.75 Å². The Balaban J connectivity index is 2.85. The maximum absolute atomic E-state index is 5.66. The smallest absolute Gasteiger partial charge is 0.143 e. The number of aromatic nitrogens is 1. The number of ether oxygens (including phenoxy) is 1. The molecule has 1 aromatic heterocycles. The number of benzene rings is 1. The van der Waals surface area contributed by atoms with Crippen LogP contribution in [0.3, 0.4) is 0 Å². The van der Waals surface area contributed by atoms with Gasteiger partial charge >= 0.3 is 0 Å². The van der Waals surface area contributed by atoms with Crippen molar-refractivity contribution in [2.45, 2.75) is 13.3 Å². The summed E-state index contributed by atoms with van der Waals surface area (Å²) in [5.41, 5.74) is 9.25. The molecule has 0 saturated carbocycles. The van der Waals surface area contributed by atoms with Gasteiger partial charge in [-0.3, -0.25) is 0 Å². The van der Waals surface area contributed by atoms with Crippen molar-refractivity contribution in [3.05, 3.63) is 27.9 Å². The minimum atomic E-state index is 0.643. The first-order valence-corrected chi connectivity index (χ1v) is 6.41. The maximum atomic E-state index is 5.66. The van der Waals surface area contributed by atoms with Crippen LogP contribution in [0.25, 0.3) is 10.9 Å². The number of aryl methyl sites for hydroxylation is 2. The van der Waals surface area contributed by atoms with Crippen molar-refractivity contribution < 1.29 is 4.74 Å². The van der Waals surface area contributed by atoms with E-state index in [2.05, 4.69) is 40.5 Å². The lowest BCUT2D eigenvalue weighted by Crippen LogP contribution is -2.07.